The Morgan fingerprint density at radius 2 is 1.85 bits per heavy atom. The zero-order valence-electron chi connectivity index (χ0n) is 15.9. The number of amides is 3. The fourth-order valence-corrected chi connectivity index (χ4v) is 2.97. The molecule has 0 aromatic heterocycles. The number of rotatable bonds is 10. The second-order valence-electron chi connectivity index (χ2n) is 6.89. The van der Waals surface area contributed by atoms with E-state index in [4.69, 9.17) is 16.6 Å². The number of nitrogens with two attached hydrogens (primary N) is 2. The molecule has 0 saturated carbocycles. The molecule has 0 spiro atoms. The van der Waals surface area contributed by atoms with Crippen LogP contribution < -0.4 is 22.1 Å². The highest BCUT2D eigenvalue weighted by atomic mass is 16.4. The van der Waals surface area contributed by atoms with Gasteiger partial charge in [0.15, 0.2) is 0 Å². The van der Waals surface area contributed by atoms with E-state index in [0.717, 1.165) is 0 Å². The van der Waals surface area contributed by atoms with Crippen LogP contribution >= 0.6 is 0 Å². The van der Waals surface area contributed by atoms with Crippen molar-refractivity contribution >= 4 is 23.7 Å². The Kier molecular flexibility index (Phi) is 9.16. The minimum Gasteiger partial charge on any atom is -0.480 e. The number of carboxylic acids is 1. The third kappa shape index (κ3) is 6.79. The number of likely N-dealkylation sites (tertiary alicyclic amines) is 1. The zero-order chi connectivity index (χ0) is 20.6. The number of unbranched alkanes of at least 4 members (excludes halogenated alkanes) is 1. The van der Waals surface area contributed by atoms with E-state index >= 15 is 0 Å². The topological polar surface area (TPSA) is 168 Å². The van der Waals surface area contributed by atoms with Crippen molar-refractivity contribution in [2.24, 2.45) is 11.5 Å². The molecule has 10 heteroatoms. The van der Waals surface area contributed by atoms with Crippen LogP contribution in [-0.2, 0) is 19.2 Å². The molecule has 1 aliphatic rings. The molecule has 27 heavy (non-hydrogen) atoms. The van der Waals surface area contributed by atoms with Gasteiger partial charge in [-0.1, -0.05) is 0 Å². The molecule has 0 aliphatic carbocycles. The van der Waals surface area contributed by atoms with Crippen LogP contribution in [0.3, 0.4) is 0 Å². The number of nitrogens with one attached hydrogen (secondary N) is 2. The van der Waals surface area contributed by atoms with Crippen LogP contribution in [0.15, 0.2) is 0 Å². The molecule has 4 unspecified atom stereocenters. The average Bonchev–Trinajstić information content (AvgIpc) is 3.09. The lowest BCUT2D eigenvalue weighted by atomic mass is 10.1. The van der Waals surface area contributed by atoms with Gasteiger partial charge in [0.2, 0.25) is 17.7 Å². The summed E-state index contributed by atoms with van der Waals surface area (Å²) < 4.78 is 0. The summed E-state index contributed by atoms with van der Waals surface area (Å²) in [5.74, 6) is -2.48. The lowest BCUT2D eigenvalue weighted by Crippen LogP contribution is -2.56. The quantitative estimate of drug-likeness (QED) is 0.286. The number of aliphatic carboxylic acids is 1. The highest BCUT2D eigenvalue weighted by molar-refractivity contribution is 5.94. The Bertz CT molecular complexity index is 554. The smallest absolute Gasteiger partial charge is 0.325 e. The Morgan fingerprint density at radius 3 is 2.41 bits per heavy atom. The first-order valence-electron chi connectivity index (χ1n) is 9.28. The molecule has 1 aliphatic heterocycles. The molecule has 0 bridgehead atoms. The van der Waals surface area contributed by atoms with Crippen LogP contribution in [0.2, 0.25) is 0 Å². The number of nitrogens with zero attached hydrogens (tertiary/aromatic N) is 1. The second-order valence-corrected chi connectivity index (χ2v) is 6.89. The van der Waals surface area contributed by atoms with E-state index in [9.17, 15) is 19.2 Å². The van der Waals surface area contributed by atoms with Gasteiger partial charge in [-0.15, -0.1) is 0 Å². The van der Waals surface area contributed by atoms with Gasteiger partial charge >= 0.3 is 5.97 Å². The maximum atomic E-state index is 12.7. The monoisotopic (exact) mass is 385 g/mol. The van der Waals surface area contributed by atoms with E-state index in [1.165, 1.54) is 11.8 Å². The molecule has 1 fully saturated rings. The minimum atomic E-state index is -1.17. The minimum absolute atomic E-state index is 0.309. The first-order valence-corrected chi connectivity index (χ1v) is 9.28. The van der Waals surface area contributed by atoms with E-state index < -0.39 is 42.0 Å². The number of carbonyl (C=O) groups is 4. The molecule has 0 aromatic rings. The number of carboxylic acid groups (broad SMARTS) is 1. The third-order valence-electron chi connectivity index (χ3n) is 4.54. The summed E-state index contributed by atoms with van der Waals surface area (Å²) in [6, 6.07) is -3.35. The van der Waals surface area contributed by atoms with Gasteiger partial charge in [-0.2, -0.15) is 0 Å². The highest BCUT2D eigenvalue weighted by Crippen LogP contribution is 2.18. The van der Waals surface area contributed by atoms with Crippen LogP contribution in [0.1, 0.15) is 46.0 Å². The summed E-state index contributed by atoms with van der Waals surface area (Å²) in [4.78, 5) is 49.7. The molecule has 4 atom stereocenters. The van der Waals surface area contributed by atoms with Gasteiger partial charge in [-0.05, 0) is 52.5 Å². The Labute approximate surface area is 159 Å². The number of hydrogen-bond acceptors (Lipinski definition) is 6. The van der Waals surface area contributed by atoms with Gasteiger partial charge < -0.3 is 32.1 Å². The molecular weight excluding hydrogens is 354 g/mol. The van der Waals surface area contributed by atoms with Crippen molar-refractivity contribution in [2.45, 2.75) is 70.1 Å². The summed E-state index contributed by atoms with van der Waals surface area (Å²) in [5.41, 5.74) is 11.1. The molecule has 0 aromatic carbocycles. The standard InChI is InChI=1S/C17H31N5O5/c1-10(19)16(25)22-9-5-7-13(22)15(24)21-12(6-3-4-8-18)14(23)20-11(2)17(26)27/h10-13H,3-9,18-19H2,1-2H3,(H,20,23)(H,21,24)(H,26,27). The van der Waals surface area contributed by atoms with Crippen LogP contribution in [0.25, 0.3) is 0 Å². The predicted octanol–water partition coefficient (Wildman–Crippen LogP) is -1.47. The summed E-state index contributed by atoms with van der Waals surface area (Å²) in [7, 11) is 0. The van der Waals surface area contributed by atoms with Gasteiger partial charge in [0.1, 0.15) is 18.1 Å². The molecule has 1 heterocycles. The maximum Gasteiger partial charge on any atom is 0.325 e. The maximum absolute atomic E-state index is 12.7. The second kappa shape index (κ2) is 10.8. The predicted molar refractivity (Wildman–Crippen MR) is 98.5 cm³/mol. The largest absolute Gasteiger partial charge is 0.480 e. The highest BCUT2D eigenvalue weighted by Gasteiger charge is 2.36. The average molecular weight is 385 g/mol. The Morgan fingerprint density at radius 1 is 1.19 bits per heavy atom. The van der Waals surface area contributed by atoms with E-state index in [1.807, 2.05) is 0 Å². The van der Waals surface area contributed by atoms with Gasteiger partial charge in [-0.25, -0.2) is 0 Å². The van der Waals surface area contributed by atoms with Crippen molar-refractivity contribution in [1.82, 2.24) is 15.5 Å². The van der Waals surface area contributed by atoms with Crippen molar-refractivity contribution in [2.75, 3.05) is 13.1 Å². The van der Waals surface area contributed by atoms with Gasteiger partial charge in [-0.3, -0.25) is 19.2 Å². The lowest BCUT2D eigenvalue weighted by molar-refractivity contribution is -0.142. The Hall–Kier alpha value is -2.20. The summed E-state index contributed by atoms with van der Waals surface area (Å²) in [5, 5.41) is 14.0. The van der Waals surface area contributed by atoms with Crippen LogP contribution in [0.5, 0.6) is 0 Å². The molecule has 7 N–H and O–H groups in total. The van der Waals surface area contributed by atoms with Gasteiger partial charge in [0.05, 0.1) is 6.04 Å². The molecular formula is C17H31N5O5. The fraction of sp³-hybridized carbons (Fsp3) is 0.765. The number of carbonyl (C=O) groups excluding carboxylic acids is 3. The first-order chi connectivity index (χ1) is 12.7. The third-order valence-corrected chi connectivity index (χ3v) is 4.54. The fourth-order valence-electron chi connectivity index (χ4n) is 2.97. The molecule has 3 amide bonds. The van der Waals surface area contributed by atoms with Crippen molar-refractivity contribution in [3.05, 3.63) is 0 Å². The van der Waals surface area contributed by atoms with Crippen LogP contribution in [0.4, 0.5) is 0 Å². The zero-order valence-corrected chi connectivity index (χ0v) is 15.9. The van der Waals surface area contributed by atoms with Gasteiger partial charge in [0, 0.05) is 6.54 Å². The van der Waals surface area contributed by atoms with Crippen molar-refractivity contribution in [3.8, 4) is 0 Å². The van der Waals surface area contributed by atoms with E-state index in [1.54, 1.807) is 6.92 Å². The summed E-state index contributed by atoms with van der Waals surface area (Å²) in [6.45, 7) is 3.80. The van der Waals surface area contributed by atoms with Crippen molar-refractivity contribution in [3.63, 3.8) is 0 Å². The van der Waals surface area contributed by atoms with E-state index in [0.29, 0.717) is 45.2 Å². The first kappa shape index (κ1) is 22.8. The summed E-state index contributed by atoms with van der Waals surface area (Å²) in [6.07, 6.45) is 2.77. The molecule has 1 saturated heterocycles. The summed E-state index contributed by atoms with van der Waals surface area (Å²) >= 11 is 0. The van der Waals surface area contributed by atoms with Crippen molar-refractivity contribution < 1.29 is 24.3 Å². The lowest BCUT2D eigenvalue weighted by Gasteiger charge is -2.27. The molecule has 154 valence electrons. The Balaban J connectivity index is 2.80. The van der Waals surface area contributed by atoms with Crippen molar-refractivity contribution in [1.29, 1.82) is 0 Å². The number of hydrogen-bond donors (Lipinski definition) is 5. The SMILES string of the molecule is CC(N)C(=O)N1CCCC1C(=O)NC(CCCCN)C(=O)NC(C)C(=O)O. The van der Waals surface area contributed by atoms with Gasteiger partial charge in [0.25, 0.3) is 0 Å². The molecule has 10 nitrogen and oxygen atoms in total. The molecule has 1 rings (SSSR count). The van der Waals surface area contributed by atoms with Crippen LogP contribution in [-0.4, -0.2) is 71.0 Å². The molecule has 0 radical (unpaired) electrons. The van der Waals surface area contributed by atoms with E-state index in [-0.39, 0.29) is 5.91 Å². The van der Waals surface area contributed by atoms with Crippen LogP contribution in [0, 0.1) is 0 Å². The van der Waals surface area contributed by atoms with E-state index in [2.05, 4.69) is 10.6 Å². The normalized spacial score (nSPS) is 19.9.